The highest BCUT2D eigenvalue weighted by Crippen LogP contribution is 2.26. The van der Waals surface area contributed by atoms with Crippen LogP contribution in [0.2, 0.25) is 0 Å². The van der Waals surface area contributed by atoms with Crippen molar-refractivity contribution in [3.05, 3.63) is 28.1 Å². The molecule has 5 heteroatoms. The van der Waals surface area contributed by atoms with Crippen molar-refractivity contribution in [3.8, 4) is 11.4 Å². The highest BCUT2D eigenvalue weighted by atomic mass is 127. The molecule has 0 saturated heterocycles. The number of benzene rings is 1. The molecule has 0 spiro atoms. The van der Waals surface area contributed by atoms with Gasteiger partial charge in [-0.25, -0.2) is 0 Å². The molecule has 0 bridgehead atoms. The highest BCUT2D eigenvalue weighted by Gasteiger charge is 2.11. The Morgan fingerprint density at radius 2 is 2.18 bits per heavy atom. The van der Waals surface area contributed by atoms with E-state index in [0.717, 1.165) is 27.2 Å². The molecule has 0 unspecified atom stereocenters. The molecule has 0 aliphatic heterocycles. The number of hydrogen-bond acceptors (Lipinski definition) is 3. The normalized spacial score (nSPS) is 11.1. The lowest BCUT2D eigenvalue weighted by atomic mass is 10.1. The quantitative estimate of drug-likeness (QED) is 0.689. The van der Waals surface area contributed by atoms with Crippen LogP contribution >= 0.6 is 22.6 Å². The van der Waals surface area contributed by atoms with Crippen molar-refractivity contribution in [1.29, 1.82) is 0 Å². The van der Waals surface area contributed by atoms with Crippen molar-refractivity contribution in [3.63, 3.8) is 0 Å². The van der Waals surface area contributed by atoms with E-state index in [2.05, 4.69) is 46.6 Å². The van der Waals surface area contributed by atoms with E-state index in [1.54, 1.807) is 6.33 Å². The first kappa shape index (κ1) is 12.3. The van der Waals surface area contributed by atoms with Crippen molar-refractivity contribution >= 4 is 28.3 Å². The number of aromatic nitrogens is 3. The Kier molecular flexibility index (Phi) is 3.66. The van der Waals surface area contributed by atoms with Gasteiger partial charge < -0.3 is 10.3 Å². The molecule has 0 saturated carbocycles. The second-order valence-corrected chi connectivity index (χ2v) is 5.68. The number of nitrogens with two attached hydrogens (primary N) is 1. The fourth-order valence-electron chi connectivity index (χ4n) is 1.71. The first-order chi connectivity index (χ1) is 8.08. The molecule has 1 heterocycles. The fraction of sp³-hybridized carbons (Fsp3) is 0.333. The van der Waals surface area contributed by atoms with E-state index in [1.807, 2.05) is 22.8 Å². The molecule has 17 heavy (non-hydrogen) atoms. The van der Waals surface area contributed by atoms with E-state index < -0.39 is 0 Å². The zero-order valence-electron chi connectivity index (χ0n) is 9.89. The topological polar surface area (TPSA) is 56.7 Å². The third kappa shape index (κ3) is 2.77. The molecule has 90 valence electrons. The summed E-state index contributed by atoms with van der Waals surface area (Å²) in [5.74, 6) is 1.39. The van der Waals surface area contributed by atoms with Gasteiger partial charge in [0, 0.05) is 21.4 Å². The average Bonchev–Trinajstić information content (AvgIpc) is 2.69. The second kappa shape index (κ2) is 5.03. The minimum absolute atomic E-state index is 0.550. The van der Waals surface area contributed by atoms with Gasteiger partial charge >= 0.3 is 0 Å². The standard InChI is InChI=1S/C12H15IN4/c1-8(2)6-17-7-15-16-12(17)10-5-9(13)3-4-11(10)14/h3-5,7-8H,6,14H2,1-2H3. The molecule has 0 amide bonds. The molecule has 2 aromatic rings. The summed E-state index contributed by atoms with van der Waals surface area (Å²) >= 11 is 2.27. The predicted molar refractivity (Wildman–Crippen MR) is 77.4 cm³/mol. The van der Waals surface area contributed by atoms with Crippen LogP contribution in [0.1, 0.15) is 13.8 Å². The van der Waals surface area contributed by atoms with Crippen LogP contribution in [0.15, 0.2) is 24.5 Å². The summed E-state index contributed by atoms with van der Waals surface area (Å²) in [6, 6.07) is 5.94. The van der Waals surface area contributed by atoms with Crippen LogP contribution in [0.4, 0.5) is 5.69 Å². The number of anilines is 1. The van der Waals surface area contributed by atoms with E-state index in [4.69, 9.17) is 5.73 Å². The van der Waals surface area contributed by atoms with Gasteiger partial charge in [-0.05, 0) is 46.7 Å². The average molecular weight is 342 g/mol. The summed E-state index contributed by atoms with van der Waals surface area (Å²) < 4.78 is 3.19. The minimum Gasteiger partial charge on any atom is -0.398 e. The number of nitrogens with zero attached hydrogens (tertiary/aromatic N) is 3. The van der Waals surface area contributed by atoms with Crippen LogP contribution in [0.25, 0.3) is 11.4 Å². The summed E-state index contributed by atoms with van der Waals surface area (Å²) in [5, 5.41) is 8.15. The van der Waals surface area contributed by atoms with Gasteiger partial charge in [0.15, 0.2) is 5.82 Å². The molecule has 0 aliphatic carbocycles. The van der Waals surface area contributed by atoms with Crippen LogP contribution in [0.3, 0.4) is 0 Å². The second-order valence-electron chi connectivity index (χ2n) is 4.43. The van der Waals surface area contributed by atoms with Crippen molar-refractivity contribution in [2.24, 2.45) is 5.92 Å². The van der Waals surface area contributed by atoms with Gasteiger partial charge in [0.2, 0.25) is 0 Å². The molecule has 0 fully saturated rings. The molecular weight excluding hydrogens is 327 g/mol. The predicted octanol–water partition coefficient (Wildman–Crippen LogP) is 2.79. The Balaban J connectivity index is 2.45. The Hall–Kier alpha value is -1.11. The third-order valence-corrected chi connectivity index (χ3v) is 3.10. The molecule has 0 aliphatic rings. The lowest BCUT2D eigenvalue weighted by molar-refractivity contribution is 0.525. The van der Waals surface area contributed by atoms with E-state index in [0.29, 0.717) is 5.92 Å². The van der Waals surface area contributed by atoms with E-state index in [9.17, 15) is 0 Å². The number of rotatable bonds is 3. The van der Waals surface area contributed by atoms with Crippen molar-refractivity contribution in [2.45, 2.75) is 20.4 Å². The van der Waals surface area contributed by atoms with Crippen molar-refractivity contribution in [2.75, 3.05) is 5.73 Å². The Morgan fingerprint density at radius 1 is 1.41 bits per heavy atom. The largest absolute Gasteiger partial charge is 0.398 e. The summed E-state index contributed by atoms with van der Waals surface area (Å²) in [7, 11) is 0. The minimum atomic E-state index is 0.550. The van der Waals surface area contributed by atoms with Gasteiger partial charge in [0.1, 0.15) is 6.33 Å². The van der Waals surface area contributed by atoms with E-state index in [-0.39, 0.29) is 0 Å². The first-order valence-corrected chi connectivity index (χ1v) is 6.59. The molecular formula is C12H15IN4. The maximum absolute atomic E-state index is 6.00. The Morgan fingerprint density at radius 3 is 2.88 bits per heavy atom. The fourth-order valence-corrected chi connectivity index (χ4v) is 2.20. The molecule has 1 aromatic heterocycles. The van der Waals surface area contributed by atoms with Gasteiger partial charge in [-0.3, -0.25) is 0 Å². The highest BCUT2D eigenvalue weighted by molar-refractivity contribution is 14.1. The zero-order valence-corrected chi connectivity index (χ0v) is 12.0. The lowest BCUT2D eigenvalue weighted by Crippen LogP contribution is -2.06. The zero-order chi connectivity index (χ0) is 12.4. The number of nitrogen functional groups attached to an aromatic ring is 1. The van der Waals surface area contributed by atoms with Crippen LogP contribution in [-0.2, 0) is 6.54 Å². The van der Waals surface area contributed by atoms with Crippen molar-refractivity contribution < 1.29 is 0 Å². The maximum atomic E-state index is 6.00. The summed E-state index contributed by atoms with van der Waals surface area (Å²) in [5.41, 5.74) is 7.69. The monoisotopic (exact) mass is 342 g/mol. The molecule has 4 nitrogen and oxygen atoms in total. The summed E-state index contributed by atoms with van der Waals surface area (Å²) in [6.07, 6.45) is 1.76. The molecule has 2 N–H and O–H groups in total. The van der Waals surface area contributed by atoms with E-state index in [1.165, 1.54) is 0 Å². The molecule has 1 aromatic carbocycles. The smallest absolute Gasteiger partial charge is 0.165 e. The maximum Gasteiger partial charge on any atom is 0.165 e. The Labute approximate surface area is 114 Å². The van der Waals surface area contributed by atoms with E-state index >= 15 is 0 Å². The van der Waals surface area contributed by atoms with Crippen molar-refractivity contribution in [1.82, 2.24) is 14.8 Å². The SMILES string of the molecule is CC(C)Cn1cnnc1-c1cc(I)ccc1N. The van der Waals surface area contributed by atoms with Gasteiger partial charge in [-0.1, -0.05) is 13.8 Å². The van der Waals surface area contributed by atoms with Gasteiger partial charge in [0.25, 0.3) is 0 Å². The van der Waals surface area contributed by atoms with Crippen LogP contribution < -0.4 is 5.73 Å². The van der Waals surface area contributed by atoms with Crippen LogP contribution in [0.5, 0.6) is 0 Å². The Bertz CT molecular complexity index is 519. The lowest BCUT2D eigenvalue weighted by Gasteiger charge is -2.10. The number of hydrogen-bond donors (Lipinski definition) is 1. The molecule has 2 rings (SSSR count). The van der Waals surface area contributed by atoms with Gasteiger partial charge in [0.05, 0.1) is 0 Å². The number of halogens is 1. The third-order valence-electron chi connectivity index (χ3n) is 2.43. The van der Waals surface area contributed by atoms with Crippen LogP contribution in [-0.4, -0.2) is 14.8 Å². The van der Waals surface area contributed by atoms with Crippen LogP contribution in [0, 0.1) is 9.49 Å². The molecule has 0 radical (unpaired) electrons. The summed E-state index contributed by atoms with van der Waals surface area (Å²) in [4.78, 5) is 0. The van der Waals surface area contributed by atoms with Gasteiger partial charge in [-0.15, -0.1) is 10.2 Å². The van der Waals surface area contributed by atoms with Gasteiger partial charge in [-0.2, -0.15) is 0 Å². The summed E-state index contributed by atoms with van der Waals surface area (Å²) in [6.45, 7) is 5.23. The molecule has 0 atom stereocenters. The first-order valence-electron chi connectivity index (χ1n) is 5.51.